The number of nitrogens with one attached hydrogen (secondary N) is 1. The molecule has 1 heterocycles. The number of anilines is 1. The summed E-state index contributed by atoms with van der Waals surface area (Å²) in [7, 11) is 1.56. The van der Waals surface area contributed by atoms with E-state index in [0.717, 1.165) is 17.3 Å². The third-order valence-electron chi connectivity index (χ3n) is 5.21. The zero-order chi connectivity index (χ0) is 15.4. The standard InChI is InChI=1S/C16H16BrNO4/c1-21-12-6-8(17)2-3-10(12)18-15(19)13-7-4-9-11(5-7)22-16(20)14(9)13/h2-3,6-7,9,11,13-14H,4-5H2,1H3,(H,18,19)/t7-,9-,11+,13+,14-/m0/s1. The molecule has 116 valence electrons. The average Bonchev–Trinajstić information content (AvgIpc) is 3.10. The molecule has 5 atom stereocenters. The smallest absolute Gasteiger partial charge is 0.310 e. The van der Waals surface area contributed by atoms with Gasteiger partial charge in [-0.1, -0.05) is 15.9 Å². The summed E-state index contributed by atoms with van der Waals surface area (Å²) in [4.78, 5) is 24.7. The predicted molar refractivity (Wildman–Crippen MR) is 82.4 cm³/mol. The largest absolute Gasteiger partial charge is 0.495 e. The molecule has 1 N–H and O–H groups in total. The molecule has 0 aromatic heterocycles. The van der Waals surface area contributed by atoms with E-state index in [1.807, 2.05) is 6.07 Å². The maximum atomic E-state index is 12.7. The topological polar surface area (TPSA) is 64.6 Å². The van der Waals surface area contributed by atoms with Gasteiger partial charge in [-0.05, 0) is 37.0 Å². The Kier molecular flexibility index (Phi) is 3.18. The summed E-state index contributed by atoms with van der Waals surface area (Å²) in [5, 5.41) is 2.93. The van der Waals surface area contributed by atoms with Gasteiger partial charge in [0.2, 0.25) is 5.91 Å². The molecule has 22 heavy (non-hydrogen) atoms. The minimum absolute atomic E-state index is 0.0498. The summed E-state index contributed by atoms with van der Waals surface area (Å²) in [5.41, 5.74) is 0.626. The summed E-state index contributed by atoms with van der Waals surface area (Å²) in [6, 6.07) is 5.44. The van der Waals surface area contributed by atoms with Crippen molar-refractivity contribution in [3.05, 3.63) is 22.7 Å². The van der Waals surface area contributed by atoms with Gasteiger partial charge in [-0.2, -0.15) is 0 Å². The molecule has 1 amide bonds. The van der Waals surface area contributed by atoms with E-state index in [1.165, 1.54) is 0 Å². The van der Waals surface area contributed by atoms with Crippen molar-refractivity contribution in [3.63, 3.8) is 0 Å². The number of amides is 1. The van der Waals surface area contributed by atoms with E-state index in [9.17, 15) is 9.59 Å². The first-order valence-electron chi connectivity index (χ1n) is 7.43. The van der Waals surface area contributed by atoms with Crippen LogP contribution in [0.5, 0.6) is 5.75 Å². The Bertz CT molecular complexity index is 660. The monoisotopic (exact) mass is 365 g/mol. The highest BCUT2D eigenvalue weighted by Gasteiger charge is 2.63. The molecule has 4 rings (SSSR count). The Morgan fingerprint density at radius 1 is 1.41 bits per heavy atom. The van der Waals surface area contributed by atoms with Gasteiger partial charge in [-0.25, -0.2) is 0 Å². The molecule has 1 aromatic carbocycles. The first kappa shape index (κ1) is 14.1. The maximum Gasteiger partial charge on any atom is 0.310 e. The fourth-order valence-corrected chi connectivity index (χ4v) is 4.69. The first-order chi connectivity index (χ1) is 10.6. The number of methoxy groups -OCH3 is 1. The lowest BCUT2D eigenvalue weighted by Gasteiger charge is -2.24. The van der Waals surface area contributed by atoms with Crippen molar-refractivity contribution in [2.75, 3.05) is 12.4 Å². The van der Waals surface area contributed by atoms with Gasteiger partial charge in [0.25, 0.3) is 0 Å². The highest BCUT2D eigenvalue weighted by Crippen LogP contribution is 2.57. The molecule has 3 fully saturated rings. The van der Waals surface area contributed by atoms with Crippen LogP contribution in [0.4, 0.5) is 5.69 Å². The highest BCUT2D eigenvalue weighted by molar-refractivity contribution is 9.10. The molecule has 1 aliphatic heterocycles. The first-order valence-corrected chi connectivity index (χ1v) is 8.22. The Hall–Kier alpha value is -1.56. The minimum Gasteiger partial charge on any atom is -0.495 e. The summed E-state index contributed by atoms with van der Waals surface area (Å²) in [6.45, 7) is 0. The molecule has 6 heteroatoms. The Balaban J connectivity index is 1.57. The molecule has 0 spiro atoms. The molecule has 0 unspecified atom stereocenters. The lowest BCUT2D eigenvalue weighted by molar-refractivity contribution is -0.145. The van der Waals surface area contributed by atoms with E-state index in [0.29, 0.717) is 11.4 Å². The van der Waals surface area contributed by atoms with Gasteiger partial charge < -0.3 is 14.8 Å². The van der Waals surface area contributed by atoms with Crippen LogP contribution >= 0.6 is 15.9 Å². The third kappa shape index (κ3) is 1.96. The number of rotatable bonds is 3. The van der Waals surface area contributed by atoms with Crippen molar-refractivity contribution < 1.29 is 19.1 Å². The van der Waals surface area contributed by atoms with Crippen molar-refractivity contribution in [2.45, 2.75) is 18.9 Å². The average molecular weight is 366 g/mol. The van der Waals surface area contributed by atoms with Crippen LogP contribution in [0.15, 0.2) is 22.7 Å². The lowest BCUT2D eigenvalue weighted by atomic mass is 9.79. The van der Waals surface area contributed by atoms with Crippen LogP contribution in [0.3, 0.4) is 0 Å². The number of benzene rings is 1. The van der Waals surface area contributed by atoms with Crippen LogP contribution < -0.4 is 10.1 Å². The van der Waals surface area contributed by atoms with E-state index in [1.54, 1.807) is 19.2 Å². The SMILES string of the molecule is COc1cc(Br)ccc1NC(=O)[C@@H]1[C@H]2C[C@@H]3[C@@H]1C(=O)O[C@@H]3C2. The summed E-state index contributed by atoms with van der Waals surface area (Å²) >= 11 is 3.38. The number of carbonyl (C=O) groups excluding carboxylic acids is 2. The molecular formula is C16H16BrNO4. The van der Waals surface area contributed by atoms with Crippen LogP contribution in [0.2, 0.25) is 0 Å². The number of carbonyl (C=O) groups is 2. The number of halogens is 1. The zero-order valence-electron chi connectivity index (χ0n) is 12.0. The number of hydrogen-bond donors (Lipinski definition) is 1. The van der Waals surface area contributed by atoms with Crippen molar-refractivity contribution >= 4 is 33.5 Å². The number of ether oxygens (including phenoxy) is 2. The Labute approximate surface area is 136 Å². The molecular weight excluding hydrogens is 350 g/mol. The number of hydrogen-bond acceptors (Lipinski definition) is 4. The van der Waals surface area contributed by atoms with Crippen LogP contribution in [0, 0.1) is 23.7 Å². The van der Waals surface area contributed by atoms with Crippen molar-refractivity contribution in [3.8, 4) is 5.75 Å². The van der Waals surface area contributed by atoms with Gasteiger partial charge in [0, 0.05) is 10.4 Å². The molecule has 3 aliphatic rings. The summed E-state index contributed by atoms with van der Waals surface area (Å²) < 4.78 is 11.6. The predicted octanol–water partition coefficient (Wildman–Crippen LogP) is 2.59. The normalized spacial score (nSPS) is 34.6. The van der Waals surface area contributed by atoms with E-state index in [-0.39, 0.29) is 41.7 Å². The van der Waals surface area contributed by atoms with Gasteiger partial charge in [-0.3, -0.25) is 9.59 Å². The van der Waals surface area contributed by atoms with Crippen molar-refractivity contribution in [1.82, 2.24) is 0 Å². The van der Waals surface area contributed by atoms with E-state index < -0.39 is 0 Å². The van der Waals surface area contributed by atoms with E-state index in [4.69, 9.17) is 9.47 Å². The highest BCUT2D eigenvalue weighted by atomic mass is 79.9. The fraction of sp³-hybridized carbons (Fsp3) is 0.500. The maximum absolute atomic E-state index is 12.7. The van der Waals surface area contributed by atoms with Crippen LogP contribution in [-0.2, 0) is 14.3 Å². The molecule has 2 saturated carbocycles. The summed E-state index contributed by atoms with van der Waals surface area (Å²) in [6.07, 6.45) is 1.80. The molecule has 2 bridgehead atoms. The minimum atomic E-state index is -0.274. The molecule has 1 saturated heterocycles. The number of fused-ring (bicyclic) bond motifs is 1. The summed E-state index contributed by atoms with van der Waals surface area (Å²) in [5.74, 6) is 0.258. The lowest BCUT2D eigenvalue weighted by Crippen LogP contribution is -2.35. The second kappa shape index (κ2) is 4.98. The van der Waals surface area contributed by atoms with Crippen LogP contribution in [-0.4, -0.2) is 25.1 Å². The van der Waals surface area contributed by atoms with Crippen LogP contribution in [0.1, 0.15) is 12.8 Å². The van der Waals surface area contributed by atoms with Crippen molar-refractivity contribution in [2.24, 2.45) is 23.7 Å². The molecule has 1 aromatic rings. The van der Waals surface area contributed by atoms with Gasteiger partial charge in [0.1, 0.15) is 11.9 Å². The quantitative estimate of drug-likeness (QED) is 0.836. The number of esters is 1. The van der Waals surface area contributed by atoms with Gasteiger partial charge in [0.05, 0.1) is 24.6 Å². The van der Waals surface area contributed by atoms with Crippen LogP contribution in [0.25, 0.3) is 0 Å². The van der Waals surface area contributed by atoms with Crippen molar-refractivity contribution in [1.29, 1.82) is 0 Å². The fourth-order valence-electron chi connectivity index (χ4n) is 4.35. The van der Waals surface area contributed by atoms with Gasteiger partial charge in [-0.15, -0.1) is 0 Å². The second-order valence-corrected chi connectivity index (χ2v) is 7.17. The zero-order valence-corrected chi connectivity index (χ0v) is 13.6. The third-order valence-corrected chi connectivity index (χ3v) is 5.70. The molecule has 2 aliphatic carbocycles. The molecule has 0 radical (unpaired) electrons. The van der Waals surface area contributed by atoms with E-state index >= 15 is 0 Å². The van der Waals surface area contributed by atoms with Gasteiger partial charge in [0.15, 0.2) is 0 Å². The van der Waals surface area contributed by atoms with Gasteiger partial charge >= 0.3 is 5.97 Å². The Morgan fingerprint density at radius 2 is 2.23 bits per heavy atom. The van der Waals surface area contributed by atoms with E-state index in [2.05, 4.69) is 21.2 Å². The Morgan fingerprint density at radius 3 is 3.00 bits per heavy atom. The molecule has 5 nitrogen and oxygen atoms in total. The second-order valence-electron chi connectivity index (χ2n) is 6.26.